The van der Waals surface area contributed by atoms with Gasteiger partial charge in [-0.05, 0) is 25.4 Å². The van der Waals surface area contributed by atoms with Gasteiger partial charge in [-0.15, -0.1) is 0 Å². The second kappa shape index (κ2) is 4.91. The highest BCUT2D eigenvalue weighted by atomic mass is 35.5. The Morgan fingerprint density at radius 1 is 1.64 bits per heavy atom. The Balaban J connectivity index is 2.96. The van der Waals surface area contributed by atoms with Gasteiger partial charge in [-0.25, -0.2) is 9.97 Å². The number of nitrogens with zero attached hydrogens (tertiary/aromatic N) is 2. The number of hydrogen-bond donors (Lipinski definition) is 1. The minimum Gasteiger partial charge on any atom is -0.368 e. The largest absolute Gasteiger partial charge is 0.368 e. The van der Waals surface area contributed by atoms with Crippen molar-refractivity contribution in [2.45, 2.75) is 26.3 Å². The number of aldehydes is 1. The summed E-state index contributed by atoms with van der Waals surface area (Å²) in [6.45, 7) is 3.97. The van der Waals surface area contributed by atoms with Gasteiger partial charge < -0.3 is 10.1 Å². The summed E-state index contributed by atoms with van der Waals surface area (Å²) in [6, 6.07) is 0.242. The highest BCUT2D eigenvalue weighted by molar-refractivity contribution is 6.28. The van der Waals surface area contributed by atoms with Gasteiger partial charge >= 0.3 is 0 Å². The molecule has 0 saturated heterocycles. The molecule has 14 heavy (non-hydrogen) atoms. The predicted octanol–water partition coefficient (Wildman–Crippen LogP) is 1.69. The van der Waals surface area contributed by atoms with Crippen LogP contribution in [-0.2, 0) is 11.2 Å². The van der Waals surface area contributed by atoms with E-state index in [0.29, 0.717) is 12.2 Å². The zero-order valence-electron chi connectivity index (χ0n) is 8.12. The Morgan fingerprint density at radius 3 is 2.93 bits per heavy atom. The molecule has 0 fully saturated rings. The van der Waals surface area contributed by atoms with Gasteiger partial charge in [0, 0.05) is 24.2 Å². The van der Waals surface area contributed by atoms with Crippen LogP contribution in [0.15, 0.2) is 6.20 Å². The first-order valence-electron chi connectivity index (χ1n) is 4.35. The molecule has 1 rings (SSSR count). The van der Waals surface area contributed by atoms with E-state index >= 15 is 0 Å². The summed E-state index contributed by atoms with van der Waals surface area (Å²) in [5.74, 6) is 0.632. The second-order valence-corrected chi connectivity index (χ2v) is 3.52. The minimum absolute atomic E-state index is 0.183. The van der Waals surface area contributed by atoms with Gasteiger partial charge in [0.15, 0.2) is 0 Å². The van der Waals surface area contributed by atoms with E-state index in [-0.39, 0.29) is 11.3 Å². The monoisotopic (exact) mass is 213 g/mol. The van der Waals surface area contributed by atoms with Crippen LogP contribution in [-0.4, -0.2) is 22.3 Å². The molecular weight excluding hydrogens is 202 g/mol. The van der Waals surface area contributed by atoms with E-state index in [9.17, 15) is 4.79 Å². The molecule has 5 heteroatoms. The molecule has 4 nitrogen and oxygen atoms in total. The lowest BCUT2D eigenvalue weighted by Crippen LogP contribution is -2.13. The molecule has 0 aliphatic heterocycles. The van der Waals surface area contributed by atoms with Crippen LogP contribution in [0.1, 0.15) is 19.4 Å². The van der Waals surface area contributed by atoms with E-state index in [1.165, 1.54) is 0 Å². The van der Waals surface area contributed by atoms with Crippen LogP contribution in [0.4, 0.5) is 5.82 Å². The van der Waals surface area contributed by atoms with E-state index < -0.39 is 0 Å². The fourth-order valence-corrected chi connectivity index (χ4v) is 1.16. The molecule has 0 saturated carbocycles. The summed E-state index contributed by atoms with van der Waals surface area (Å²) < 4.78 is 0. The fourth-order valence-electron chi connectivity index (χ4n) is 1.02. The van der Waals surface area contributed by atoms with Crippen molar-refractivity contribution in [1.82, 2.24) is 9.97 Å². The fraction of sp³-hybridized carbons (Fsp3) is 0.444. The van der Waals surface area contributed by atoms with Crippen LogP contribution in [0, 0.1) is 0 Å². The first-order chi connectivity index (χ1) is 6.63. The summed E-state index contributed by atoms with van der Waals surface area (Å²) in [4.78, 5) is 18.2. The van der Waals surface area contributed by atoms with Crippen LogP contribution in [0.5, 0.6) is 0 Å². The molecule has 0 aliphatic carbocycles. The molecule has 0 amide bonds. The summed E-state index contributed by atoms with van der Waals surface area (Å²) >= 11 is 5.65. The lowest BCUT2D eigenvalue weighted by atomic mass is 10.2. The standard InChI is InChI=1S/C9H12ClN3O/c1-6(2)12-8-7(3-4-14)5-11-9(10)13-8/h4-6H,3H2,1-2H3,(H,11,12,13). The number of hydrogen-bond acceptors (Lipinski definition) is 4. The normalized spacial score (nSPS) is 10.3. The molecule has 0 unspecified atom stereocenters. The van der Waals surface area contributed by atoms with Crippen molar-refractivity contribution in [3.05, 3.63) is 17.0 Å². The van der Waals surface area contributed by atoms with Crippen LogP contribution in [0.2, 0.25) is 5.28 Å². The predicted molar refractivity (Wildman–Crippen MR) is 55.6 cm³/mol. The van der Waals surface area contributed by atoms with Crippen molar-refractivity contribution < 1.29 is 4.79 Å². The lowest BCUT2D eigenvalue weighted by Gasteiger charge is -2.11. The Kier molecular flexibility index (Phi) is 3.83. The Labute approximate surface area is 87.7 Å². The number of rotatable bonds is 4. The highest BCUT2D eigenvalue weighted by Crippen LogP contribution is 2.14. The van der Waals surface area contributed by atoms with Gasteiger partial charge in [0.05, 0.1) is 0 Å². The molecule has 0 spiro atoms. The molecule has 1 aromatic heterocycles. The van der Waals surface area contributed by atoms with Gasteiger partial charge in [0.1, 0.15) is 12.1 Å². The SMILES string of the molecule is CC(C)Nc1nc(Cl)ncc1CC=O. The molecule has 76 valence electrons. The number of anilines is 1. The number of carbonyl (C=O) groups excluding carboxylic acids is 1. The second-order valence-electron chi connectivity index (χ2n) is 3.18. The average Bonchev–Trinajstić information content (AvgIpc) is 2.09. The maximum absolute atomic E-state index is 10.4. The Hall–Kier alpha value is -1.16. The molecule has 0 aromatic carbocycles. The van der Waals surface area contributed by atoms with E-state index in [1.54, 1.807) is 6.20 Å². The maximum atomic E-state index is 10.4. The van der Waals surface area contributed by atoms with Crippen LogP contribution >= 0.6 is 11.6 Å². The number of aromatic nitrogens is 2. The molecular formula is C9H12ClN3O. The van der Waals surface area contributed by atoms with Gasteiger partial charge in [-0.1, -0.05) is 0 Å². The van der Waals surface area contributed by atoms with E-state index in [4.69, 9.17) is 11.6 Å². The third-order valence-corrected chi connectivity index (χ3v) is 1.75. The first kappa shape index (κ1) is 10.9. The average molecular weight is 214 g/mol. The quantitative estimate of drug-likeness (QED) is 0.611. The van der Waals surface area contributed by atoms with E-state index in [1.807, 2.05) is 13.8 Å². The Bertz CT molecular complexity index is 328. The van der Waals surface area contributed by atoms with Crippen molar-refractivity contribution >= 4 is 23.7 Å². The summed E-state index contributed by atoms with van der Waals surface area (Å²) in [6.07, 6.45) is 2.68. The van der Waals surface area contributed by atoms with Crippen LogP contribution < -0.4 is 5.32 Å². The maximum Gasteiger partial charge on any atom is 0.224 e. The van der Waals surface area contributed by atoms with E-state index in [2.05, 4.69) is 15.3 Å². The van der Waals surface area contributed by atoms with Crippen LogP contribution in [0.25, 0.3) is 0 Å². The zero-order chi connectivity index (χ0) is 10.6. The molecule has 1 heterocycles. The molecule has 0 radical (unpaired) electrons. The lowest BCUT2D eigenvalue weighted by molar-refractivity contribution is -0.107. The summed E-state index contributed by atoms with van der Waals surface area (Å²) in [5.41, 5.74) is 0.762. The van der Waals surface area contributed by atoms with Gasteiger partial charge in [-0.3, -0.25) is 0 Å². The van der Waals surface area contributed by atoms with Crippen LogP contribution in [0.3, 0.4) is 0 Å². The van der Waals surface area contributed by atoms with Crippen molar-refractivity contribution in [1.29, 1.82) is 0 Å². The topological polar surface area (TPSA) is 54.9 Å². The smallest absolute Gasteiger partial charge is 0.224 e. The number of carbonyl (C=O) groups is 1. The number of nitrogens with one attached hydrogen (secondary N) is 1. The van der Waals surface area contributed by atoms with Gasteiger partial charge in [0.2, 0.25) is 5.28 Å². The van der Waals surface area contributed by atoms with Crippen molar-refractivity contribution in [2.24, 2.45) is 0 Å². The van der Waals surface area contributed by atoms with Gasteiger partial charge in [-0.2, -0.15) is 0 Å². The first-order valence-corrected chi connectivity index (χ1v) is 4.73. The molecule has 1 aromatic rings. The third-order valence-electron chi connectivity index (χ3n) is 1.56. The molecule has 0 atom stereocenters. The van der Waals surface area contributed by atoms with Crippen molar-refractivity contribution in [2.75, 3.05) is 5.32 Å². The van der Waals surface area contributed by atoms with E-state index in [0.717, 1.165) is 11.8 Å². The summed E-state index contributed by atoms with van der Waals surface area (Å²) in [5, 5.41) is 3.29. The third kappa shape index (κ3) is 2.96. The summed E-state index contributed by atoms with van der Waals surface area (Å²) in [7, 11) is 0. The highest BCUT2D eigenvalue weighted by Gasteiger charge is 2.06. The van der Waals surface area contributed by atoms with Crippen molar-refractivity contribution in [3.63, 3.8) is 0 Å². The Morgan fingerprint density at radius 2 is 2.36 bits per heavy atom. The zero-order valence-corrected chi connectivity index (χ0v) is 8.88. The minimum atomic E-state index is 0.183. The van der Waals surface area contributed by atoms with Crippen molar-refractivity contribution in [3.8, 4) is 0 Å². The molecule has 1 N–H and O–H groups in total. The molecule has 0 bridgehead atoms. The number of halogens is 1. The van der Waals surface area contributed by atoms with Gasteiger partial charge in [0.25, 0.3) is 0 Å². The molecule has 0 aliphatic rings.